The van der Waals surface area contributed by atoms with Crippen LogP contribution in [0.5, 0.6) is 0 Å². The smallest absolute Gasteiger partial charge is 0.124 e. The number of benzene rings is 4. The molecule has 0 radical (unpaired) electrons. The van der Waals surface area contributed by atoms with Crippen molar-refractivity contribution in [2.45, 2.75) is 51.6 Å². The average Bonchev–Trinajstić information content (AvgIpc) is 3.83. The zero-order valence-electron chi connectivity index (χ0n) is 44.5. The minimum atomic E-state index is -3.18. The van der Waals surface area contributed by atoms with Crippen LogP contribution in [0.4, 0.5) is 0 Å². The molecule has 4 aromatic carbocycles. The maximum Gasteiger partial charge on any atom is 0.124 e. The van der Waals surface area contributed by atoms with Gasteiger partial charge in [0, 0.05) is 45.0 Å². The first-order chi connectivity index (χ1) is 30.1. The van der Waals surface area contributed by atoms with E-state index in [1.54, 1.807) is 48.5 Å². The number of aromatic nitrogens is 4. The zero-order valence-corrected chi connectivity index (χ0v) is 26.8. The SMILES string of the molecule is Cl.[2H]C([2H])(c1ccc(Cl)cc1)n1c(CN2C([2H])([2H])C([2H])([2H])C([2H])([2H])C2([2H])[2H])nc2ccccc21.[2H]C([2H])(c1ccc(Cl)cc1)n1c(CN2C([2H])([2H])C([2H])([2H])C([2H])([2H])C2([2H])[2H])nc2ccccc21. The third-order valence-electron chi connectivity index (χ3n) is 6.92. The summed E-state index contributed by atoms with van der Waals surface area (Å²) in [5.41, 5.74) is 1.90. The monoisotopic (exact) mass is 706 g/mol. The highest BCUT2D eigenvalue weighted by molar-refractivity contribution is 6.30. The van der Waals surface area contributed by atoms with Crippen LogP contribution in [0, 0.1) is 0 Å². The molecule has 2 aliphatic rings. The van der Waals surface area contributed by atoms with Gasteiger partial charge in [-0.25, -0.2) is 9.97 Å². The molecular weight excluding hydrogens is 647 g/mol. The van der Waals surface area contributed by atoms with Crippen molar-refractivity contribution in [2.24, 2.45) is 0 Å². The van der Waals surface area contributed by atoms with Gasteiger partial charge in [0.25, 0.3) is 0 Å². The molecule has 0 bridgehead atoms. The molecule has 4 heterocycles. The second kappa shape index (κ2) is 15.7. The van der Waals surface area contributed by atoms with Gasteiger partial charge in [-0.1, -0.05) is 71.7 Å². The van der Waals surface area contributed by atoms with Gasteiger partial charge >= 0.3 is 0 Å². The summed E-state index contributed by atoms with van der Waals surface area (Å²) in [7, 11) is 0. The average molecular weight is 708 g/mol. The Hall–Kier alpha value is -3.39. The molecule has 2 fully saturated rings. The lowest BCUT2D eigenvalue weighted by Crippen LogP contribution is -2.21. The summed E-state index contributed by atoms with van der Waals surface area (Å²) < 4.78 is 168. The second-order valence-corrected chi connectivity index (χ2v) is 10.9. The number of likely N-dealkylation sites (tertiary alicyclic amines) is 2. The third-order valence-corrected chi connectivity index (χ3v) is 7.42. The Balaban J connectivity index is 0.000000218. The molecule has 0 atom stereocenters. The molecule has 0 aliphatic carbocycles. The van der Waals surface area contributed by atoms with Crippen LogP contribution >= 0.6 is 35.6 Å². The second-order valence-electron chi connectivity index (χ2n) is 10.1. The van der Waals surface area contributed by atoms with Gasteiger partial charge in [-0.15, -0.1) is 12.4 Å². The third kappa shape index (κ3) is 8.19. The van der Waals surface area contributed by atoms with Crippen LogP contribution in [0.15, 0.2) is 97.1 Å². The fourth-order valence-electron chi connectivity index (χ4n) is 4.80. The Morgan fingerprint density at radius 2 is 0.915 bits per heavy atom. The number of fused-ring (bicyclic) bond motifs is 2. The van der Waals surface area contributed by atoms with Crippen LogP contribution in [0.25, 0.3) is 22.1 Å². The molecular formula is C38H41Cl3N6. The van der Waals surface area contributed by atoms with Gasteiger partial charge in [0.15, 0.2) is 0 Å². The minimum absolute atomic E-state index is 0. The maximum atomic E-state index is 8.84. The van der Waals surface area contributed by atoms with Crippen molar-refractivity contribution < 1.29 is 27.4 Å². The molecule has 0 spiro atoms. The Morgan fingerprint density at radius 1 is 0.553 bits per heavy atom. The van der Waals surface area contributed by atoms with E-state index in [1.165, 1.54) is 57.7 Å². The minimum Gasteiger partial charge on any atom is -0.322 e. The normalized spacial score (nSPS) is 30.7. The molecule has 6 aromatic rings. The first-order valence-corrected chi connectivity index (χ1v) is 14.9. The van der Waals surface area contributed by atoms with E-state index in [0.717, 1.165) is 0 Å². The predicted molar refractivity (Wildman–Crippen MR) is 197 cm³/mol. The van der Waals surface area contributed by atoms with Crippen LogP contribution < -0.4 is 0 Å². The standard InChI is InChI=1S/2C19H20ClN3.ClH/c2*20-16-9-7-15(8-10-16)13-23-18-6-2-1-5-17(18)21-19(23)14-22-11-3-4-12-22;/h2*1-2,5-10H,3-4,11-14H2;1H/i2*3D2,4D2,11D2,12D2,13D2;. The lowest BCUT2D eigenvalue weighted by Gasteiger charge is -2.16. The maximum absolute atomic E-state index is 8.84. The number of para-hydroxylation sites is 4. The van der Waals surface area contributed by atoms with Gasteiger partial charge in [0.05, 0.1) is 40.6 Å². The lowest BCUT2D eigenvalue weighted by atomic mass is 10.2. The number of nitrogens with zero attached hydrogens (tertiary/aromatic N) is 6. The van der Waals surface area contributed by atoms with Crippen molar-refractivity contribution in [1.29, 1.82) is 0 Å². The van der Waals surface area contributed by atoms with Crippen LogP contribution in [0.3, 0.4) is 0 Å². The molecule has 0 N–H and O–H groups in total. The fraction of sp³-hybridized carbons (Fsp3) is 0.316. The van der Waals surface area contributed by atoms with E-state index < -0.39 is 77.6 Å². The van der Waals surface area contributed by atoms with Gasteiger partial charge in [0.1, 0.15) is 11.6 Å². The van der Waals surface area contributed by atoms with Crippen molar-refractivity contribution in [1.82, 2.24) is 28.9 Å². The quantitative estimate of drug-likeness (QED) is 0.158. The molecule has 0 saturated carbocycles. The molecule has 2 saturated heterocycles. The summed E-state index contributed by atoms with van der Waals surface area (Å²) in [5, 5.41) is 0.821. The van der Waals surface area contributed by atoms with E-state index in [-0.39, 0.29) is 35.2 Å². The number of imidazole rings is 2. The van der Waals surface area contributed by atoms with Gasteiger partial charge in [-0.2, -0.15) is 0 Å². The summed E-state index contributed by atoms with van der Waals surface area (Å²) >= 11 is 11.9. The van der Waals surface area contributed by atoms with Crippen molar-refractivity contribution in [3.63, 3.8) is 0 Å². The van der Waals surface area contributed by atoms with E-state index in [0.29, 0.717) is 41.9 Å². The number of halogens is 3. The van der Waals surface area contributed by atoms with Crippen molar-refractivity contribution in [3.05, 3.63) is 130 Å². The van der Waals surface area contributed by atoms with E-state index >= 15 is 0 Å². The van der Waals surface area contributed by atoms with Gasteiger partial charge in [-0.05, 0) is 111 Å². The van der Waals surface area contributed by atoms with Crippen molar-refractivity contribution >= 4 is 57.7 Å². The first kappa shape index (κ1) is 16.8. The molecule has 244 valence electrons. The molecule has 0 unspecified atom stereocenters. The number of rotatable bonds is 8. The van der Waals surface area contributed by atoms with Crippen LogP contribution in [0.2, 0.25) is 10.0 Å². The Morgan fingerprint density at radius 3 is 1.30 bits per heavy atom. The van der Waals surface area contributed by atoms with Crippen LogP contribution in [-0.4, -0.2) is 54.9 Å². The number of hydrogen-bond acceptors (Lipinski definition) is 4. The van der Waals surface area contributed by atoms with Gasteiger partial charge in [-0.3, -0.25) is 9.80 Å². The summed E-state index contributed by atoms with van der Waals surface area (Å²) in [6.07, 6.45) is -12.7. The molecule has 47 heavy (non-hydrogen) atoms. The highest BCUT2D eigenvalue weighted by atomic mass is 35.5. The Labute approximate surface area is 321 Å². The van der Waals surface area contributed by atoms with E-state index in [1.807, 2.05) is 0 Å². The largest absolute Gasteiger partial charge is 0.322 e. The van der Waals surface area contributed by atoms with E-state index in [4.69, 9.17) is 50.6 Å². The topological polar surface area (TPSA) is 42.1 Å². The van der Waals surface area contributed by atoms with E-state index in [2.05, 4.69) is 9.97 Å². The Bertz CT molecular complexity index is 2550. The Kier molecular flexibility index (Phi) is 5.61. The van der Waals surface area contributed by atoms with Crippen LogP contribution in [-0.2, 0) is 26.1 Å². The summed E-state index contributed by atoms with van der Waals surface area (Å²) in [6, 6.07) is 25.3. The molecule has 6 nitrogen and oxygen atoms in total. The fourth-order valence-corrected chi connectivity index (χ4v) is 5.05. The highest BCUT2D eigenvalue weighted by Gasteiger charge is 2.19. The molecule has 9 heteroatoms. The highest BCUT2D eigenvalue weighted by Crippen LogP contribution is 2.23. The predicted octanol–water partition coefficient (Wildman–Crippen LogP) is 9.09. The first-order valence-electron chi connectivity index (χ1n) is 24.1. The lowest BCUT2D eigenvalue weighted by molar-refractivity contribution is 0.318. The molecule has 2 aliphatic heterocycles. The van der Waals surface area contributed by atoms with E-state index in [9.17, 15) is 0 Å². The molecule has 0 amide bonds. The van der Waals surface area contributed by atoms with Crippen molar-refractivity contribution in [2.75, 3.05) is 26.0 Å². The molecule has 2 aromatic heterocycles. The summed E-state index contributed by atoms with van der Waals surface area (Å²) in [4.78, 5) is 9.66. The molecule has 8 rings (SSSR count). The van der Waals surface area contributed by atoms with Gasteiger partial charge in [0.2, 0.25) is 0 Å². The summed E-state index contributed by atoms with van der Waals surface area (Å²) in [6.45, 7) is -18.0. The van der Waals surface area contributed by atoms with Crippen LogP contribution in [0.1, 0.15) is 75.7 Å². The zero-order chi connectivity index (χ0) is 49.2. The van der Waals surface area contributed by atoms with Gasteiger partial charge < -0.3 is 9.13 Å². The number of hydrogen-bond donors (Lipinski definition) is 0. The van der Waals surface area contributed by atoms with Crippen molar-refractivity contribution in [3.8, 4) is 0 Å². The summed E-state index contributed by atoms with van der Waals surface area (Å²) in [5.74, 6) is -0.171.